The maximum atomic E-state index is 13.1. The number of hydrogen-bond donors (Lipinski definition) is 2. The molecular formula is C25H22N4O4. The first kappa shape index (κ1) is 20.9. The van der Waals surface area contributed by atoms with Crippen LogP contribution in [0.2, 0.25) is 0 Å². The van der Waals surface area contributed by atoms with Gasteiger partial charge in [0.2, 0.25) is 11.8 Å². The van der Waals surface area contributed by atoms with Gasteiger partial charge in [-0.25, -0.2) is 0 Å². The fraction of sp³-hybridized carbons (Fsp3) is 0.320. The number of benzene rings is 2. The second-order valence-electron chi connectivity index (χ2n) is 8.76. The first-order valence-electron chi connectivity index (χ1n) is 11.0. The van der Waals surface area contributed by atoms with Crippen molar-refractivity contribution in [2.45, 2.75) is 44.3 Å². The van der Waals surface area contributed by atoms with Gasteiger partial charge in [-0.15, -0.1) is 0 Å². The molecule has 2 aliphatic heterocycles. The minimum absolute atomic E-state index is 0.191. The monoisotopic (exact) mass is 442 g/mol. The van der Waals surface area contributed by atoms with E-state index in [-0.39, 0.29) is 36.7 Å². The van der Waals surface area contributed by atoms with Crippen molar-refractivity contribution < 1.29 is 19.2 Å². The minimum atomic E-state index is -0.693. The lowest BCUT2D eigenvalue weighted by molar-refractivity contribution is -0.136. The van der Waals surface area contributed by atoms with Crippen LogP contribution in [-0.2, 0) is 16.1 Å². The summed E-state index contributed by atoms with van der Waals surface area (Å²) in [7, 11) is 0. The van der Waals surface area contributed by atoms with Gasteiger partial charge in [-0.1, -0.05) is 18.2 Å². The first-order valence-corrected chi connectivity index (χ1v) is 11.0. The van der Waals surface area contributed by atoms with E-state index in [1.54, 1.807) is 30.3 Å². The summed E-state index contributed by atoms with van der Waals surface area (Å²) in [6, 6.07) is 13.5. The molecule has 2 aromatic carbocycles. The highest BCUT2D eigenvalue weighted by Crippen LogP contribution is 2.42. The highest BCUT2D eigenvalue weighted by Gasteiger charge is 2.39. The highest BCUT2D eigenvalue weighted by atomic mass is 16.2. The maximum Gasteiger partial charge on any atom is 0.255 e. The molecule has 0 bridgehead atoms. The van der Waals surface area contributed by atoms with Gasteiger partial charge in [0.1, 0.15) is 6.04 Å². The maximum absolute atomic E-state index is 13.1. The summed E-state index contributed by atoms with van der Waals surface area (Å²) in [4.78, 5) is 51.1. The third-order valence-corrected chi connectivity index (χ3v) is 6.58. The Labute approximate surface area is 190 Å². The lowest BCUT2D eigenvalue weighted by Crippen LogP contribution is -2.52. The molecule has 2 fully saturated rings. The summed E-state index contributed by atoms with van der Waals surface area (Å²) in [6.45, 7) is 0.213. The zero-order valence-corrected chi connectivity index (χ0v) is 17.8. The highest BCUT2D eigenvalue weighted by molar-refractivity contribution is 6.06. The first-order chi connectivity index (χ1) is 16.0. The van der Waals surface area contributed by atoms with Crippen molar-refractivity contribution in [3.8, 4) is 6.07 Å². The summed E-state index contributed by atoms with van der Waals surface area (Å²) in [5.41, 5.74) is 2.93. The summed E-state index contributed by atoms with van der Waals surface area (Å²) < 4.78 is 0. The van der Waals surface area contributed by atoms with Crippen LogP contribution < -0.4 is 10.6 Å². The minimum Gasteiger partial charge on any atom is -0.345 e. The normalized spacial score (nSPS) is 20.6. The quantitative estimate of drug-likeness (QED) is 0.688. The third-order valence-electron chi connectivity index (χ3n) is 6.58. The zero-order valence-electron chi connectivity index (χ0n) is 17.8. The van der Waals surface area contributed by atoms with Gasteiger partial charge in [0.05, 0.1) is 17.7 Å². The van der Waals surface area contributed by atoms with E-state index in [0.29, 0.717) is 34.6 Å². The van der Waals surface area contributed by atoms with Crippen molar-refractivity contribution in [1.82, 2.24) is 15.5 Å². The Morgan fingerprint density at radius 3 is 2.64 bits per heavy atom. The SMILES string of the molecule is N#Cc1ccccc1[C@@H](NC(=O)c1ccc2c(c1)CN(C1CCC(=O)NC1=O)C2=O)C1CC1. The summed E-state index contributed by atoms with van der Waals surface area (Å²) in [5, 5.41) is 14.8. The van der Waals surface area contributed by atoms with Crippen LogP contribution in [0.5, 0.6) is 0 Å². The molecule has 3 aliphatic rings. The fourth-order valence-corrected chi connectivity index (χ4v) is 4.69. The van der Waals surface area contributed by atoms with Crippen LogP contribution in [0.4, 0.5) is 0 Å². The van der Waals surface area contributed by atoms with Crippen molar-refractivity contribution in [3.05, 3.63) is 70.3 Å². The average Bonchev–Trinajstić information content (AvgIpc) is 3.61. The van der Waals surface area contributed by atoms with Gasteiger partial charge >= 0.3 is 0 Å². The second-order valence-corrected chi connectivity index (χ2v) is 8.76. The zero-order chi connectivity index (χ0) is 23.1. The number of nitrogens with one attached hydrogen (secondary N) is 2. The number of fused-ring (bicyclic) bond motifs is 1. The topological polar surface area (TPSA) is 119 Å². The molecule has 4 amide bonds. The van der Waals surface area contributed by atoms with E-state index >= 15 is 0 Å². The summed E-state index contributed by atoms with van der Waals surface area (Å²) in [5.74, 6) is -1.04. The van der Waals surface area contributed by atoms with Gasteiger partial charge in [0, 0.05) is 24.1 Å². The molecule has 166 valence electrons. The Morgan fingerprint density at radius 1 is 1.12 bits per heavy atom. The lowest BCUT2D eigenvalue weighted by atomic mass is 9.96. The largest absolute Gasteiger partial charge is 0.345 e. The fourth-order valence-electron chi connectivity index (χ4n) is 4.69. The molecule has 5 rings (SSSR count). The Balaban J connectivity index is 1.35. The van der Waals surface area contributed by atoms with E-state index in [0.717, 1.165) is 18.4 Å². The van der Waals surface area contributed by atoms with Gasteiger partial charge in [-0.05, 0) is 60.6 Å². The van der Waals surface area contributed by atoms with Crippen molar-refractivity contribution >= 4 is 23.6 Å². The van der Waals surface area contributed by atoms with E-state index < -0.39 is 11.9 Å². The third kappa shape index (κ3) is 3.87. The number of rotatable bonds is 5. The Morgan fingerprint density at radius 2 is 1.91 bits per heavy atom. The Hall–Kier alpha value is -3.99. The number of amides is 4. The molecule has 8 heteroatoms. The Bertz CT molecular complexity index is 1230. The van der Waals surface area contributed by atoms with E-state index in [2.05, 4.69) is 16.7 Å². The van der Waals surface area contributed by atoms with Gasteiger partial charge in [-0.2, -0.15) is 5.26 Å². The summed E-state index contributed by atoms with van der Waals surface area (Å²) >= 11 is 0. The van der Waals surface area contributed by atoms with Crippen LogP contribution in [0.25, 0.3) is 0 Å². The molecule has 8 nitrogen and oxygen atoms in total. The predicted molar refractivity (Wildman–Crippen MR) is 117 cm³/mol. The van der Waals surface area contributed by atoms with Crippen molar-refractivity contribution in [2.75, 3.05) is 0 Å². The summed E-state index contributed by atoms with van der Waals surface area (Å²) in [6.07, 6.45) is 2.46. The molecule has 1 saturated heterocycles. The molecule has 33 heavy (non-hydrogen) atoms. The van der Waals surface area contributed by atoms with Crippen LogP contribution in [0.15, 0.2) is 42.5 Å². The van der Waals surface area contributed by atoms with Crippen molar-refractivity contribution in [1.29, 1.82) is 5.26 Å². The number of hydrogen-bond acceptors (Lipinski definition) is 5. The standard InChI is InChI=1S/C25H22N4O4/c26-12-16-3-1-2-4-18(16)22(14-5-6-14)28-23(31)15-7-8-19-17(11-15)13-29(25(19)33)20-9-10-21(30)27-24(20)32/h1-4,7-8,11,14,20,22H,5-6,9-10,13H2,(H,28,31)(H,27,30,32)/t20?,22-/m0/s1. The van der Waals surface area contributed by atoms with Crippen molar-refractivity contribution in [2.24, 2.45) is 5.92 Å². The molecular weight excluding hydrogens is 420 g/mol. The lowest BCUT2D eigenvalue weighted by Gasteiger charge is -2.29. The molecule has 0 spiro atoms. The van der Waals surface area contributed by atoms with E-state index in [1.807, 2.05) is 12.1 Å². The van der Waals surface area contributed by atoms with Gasteiger partial charge in [0.25, 0.3) is 11.8 Å². The molecule has 2 atom stereocenters. The Kier molecular flexibility index (Phi) is 5.17. The van der Waals surface area contributed by atoms with E-state index in [4.69, 9.17) is 0 Å². The van der Waals surface area contributed by atoms with Crippen LogP contribution >= 0.6 is 0 Å². The molecule has 1 saturated carbocycles. The van der Waals surface area contributed by atoms with Gasteiger partial charge < -0.3 is 10.2 Å². The van der Waals surface area contributed by atoms with Crippen LogP contribution in [0, 0.1) is 17.2 Å². The predicted octanol–water partition coefficient (Wildman–Crippen LogP) is 2.20. The number of piperidine rings is 1. The van der Waals surface area contributed by atoms with Crippen LogP contribution in [0.3, 0.4) is 0 Å². The van der Waals surface area contributed by atoms with Crippen LogP contribution in [0.1, 0.15) is 69.1 Å². The van der Waals surface area contributed by atoms with Gasteiger partial charge in [-0.3, -0.25) is 24.5 Å². The van der Waals surface area contributed by atoms with Gasteiger partial charge in [0.15, 0.2) is 0 Å². The second kappa shape index (κ2) is 8.17. The molecule has 1 aliphatic carbocycles. The smallest absolute Gasteiger partial charge is 0.255 e. The number of nitriles is 1. The van der Waals surface area contributed by atoms with Crippen LogP contribution in [-0.4, -0.2) is 34.6 Å². The van der Waals surface area contributed by atoms with E-state index in [9.17, 15) is 24.4 Å². The van der Waals surface area contributed by atoms with Crippen molar-refractivity contribution in [3.63, 3.8) is 0 Å². The molecule has 2 heterocycles. The molecule has 1 unspecified atom stereocenters. The molecule has 2 aromatic rings. The molecule has 2 N–H and O–H groups in total. The molecule has 0 radical (unpaired) electrons. The number of carbonyl (C=O) groups is 4. The molecule has 0 aromatic heterocycles. The number of imide groups is 1. The van der Waals surface area contributed by atoms with E-state index in [1.165, 1.54) is 4.90 Å². The number of nitrogens with zero attached hydrogens (tertiary/aromatic N) is 2. The number of carbonyl (C=O) groups excluding carboxylic acids is 4. The average molecular weight is 442 g/mol.